The summed E-state index contributed by atoms with van der Waals surface area (Å²) in [7, 11) is -3.70. The van der Waals surface area contributed by atoms with Crippen molar-refractivity contribution in [2.75, 3.05) is 18.2 Å². The molecule has 24 heavy (non-hydrogen) atoms. The molecule has 0 spiro atoms. The van der Waals surface area contributed by atoms with E-state index < -0.39 is 28.3 Å². The van der Waals surface area contributed by atoms with Gasteiger partial charge in [0.1, 0.15) is 10.3 Å². The van der Waals surface area contributed by atoms with E-state index in [-0.39, 0.29) is 10.1 Å². The predicted octanol–water partition coefficient (Wildman–Crippen LogP) is 2.15. The van der Waals surface area contributed by atoms with Gasteiger partial charge >= 0.3 is 0 Å². The van der Waals surface area contributed by atoms with Crippen LogP contribution in [-0.4, -0.2) is 49.2 Å². The number of thiophene rings is 1. The van der Waals surface area contributed by atoms with Crippen LogP contribution in [0, 0.1) is 0 Å². The highest BCUT2D eigenvalue weighted by Crippen LogP contribution is 2.33. The Balaban J connectivity index is 1.65. The minimum Gasteiger partial charge on any atom is -0.350 e. The molecule has 1 unspecified atom stereocenters. The largest absolute Gasteiger partial charge is 0.350 e. The van der Waals surface area contributed by atoms with Gasteiger partial charge in [-0.1, -0.05) is 0 Å². The Morgan fingerprint density at radius 1 is 1.42 bits per heavy atom. The summed E-state index contributed by atoms with van der Waals surface area (Å²) in [5.74, 6) is 0.177. The van der Waals surface area contributed by atoms with Gasteiger partial charge in [0.25, 0.3) is 15.9 Å². The van der Waals surface area contributed by atoms with Crippen molar-refractivity contribution < 1.29 is 22.8 Å². The van der Waals surface area contributed by atoms with Crippen molar-refractivity contribution in [3.05, 3.63) is 15.9 Å². The van der Waals surface area contributed by atoms with Gasteiger partial charge in [0.05, 0.1) is 9.66 Å². The number of hydrogen-bond donors (Lipinski definition) is 1. The molecule has 2 saturated heterocycles. The van der Waals surface area contributed by atoms with Gasteiger partial charge in [-0.3, -0.25) is 4.79 Å². The maximum Gasteiger partial charge on any atom is 0.262 e. The normalized spacial score (nSPS) is 25.7. The van der Waals surface area contributed by atoms with Crippen molar-refractivity contribution in [3.8, 4) is 0 Å². The number of hydroxylamine groups is 1. The van der Waals surface area contributed by atoms with E-state index in [1.54, 1.807) is 6.07 Å². The van der Waals surface area contributed by atoms with Crippen molar-refractivity contribution in [2.24, 2.45) is 0 Å². The van der Waals surface area contributed by atoms with E-state index in [4.69, 9.17) is 9.57 Å². The molecule has 0 aromatic carbocycles. The molecule has 134 valence electrons. The number of carbonyl (C=O) groups excluding carboxylic acids is 1. The fraction of sp³-hybridized carbons (Fsp3) is 0.615. The lowest BCUT2D eigenvalue weighted by Gasteiger charge is -2.25. The predicted molar refractivity (Wildman–Crippen MR) is 95.0 cm³/mol. The molecule has 2 fully saturated rings. The summed E-state index contributed by atoms with van der Waals surface area (Å²) in [5.41, 5.74) is 2.36. The number of carbonyl (C=O) groups is 1. The zero-order valence-electron chi connectivity index (χ0n) is 12.6. The number of amides is 1. The summed E-state index contributed by atoms with van der Waals surface area (Å²) in [4.78, 5) is 17.6. The third-order valence-electron chi connectivity index (χ3n) is 3.68. The minimum absolute atomic E-state index is 0.214. The molecule has 1 N–H and O–H groups in total. The molecule has 3 heterocycles. The van der Waals surface area contributed by atoms with Crippen molar-refractivity contribution >= 4 is 55.0 Å². The number of sulfonamides is 1. The smallest absolute Gasteiger partial charge is 0.262 e. The fourth-order valence-electron chi connectivity index (χ4n) is 2.42. The van der Waals surface area contributed by atoms with E-state index in [1.165, 1.54) is 22.1 Å². The standard InChI is InChI=1S/C13H17BrN2O5S3/c14-10-4-5-12(23-10)24(18,19)16-8-22-7-9(16)13(17)15-21-11-3-1-2-6-20-11/h4-5,9,11H,1-3,6-8H2,(H,15,17)/t9-,11?/m0/s1. The van der Waals surface area contributed by atoms with Crippen LogP contribution in [0.15, 0.2) is 20.1 Å². The molecule has 1 amide bonds. The van der Waals surface area contributed by atoms with Crippen LogP contribution < -0.4 is 5.48 Å². The Labute approximate surface area is 157 Å². The molecule has 2 aliphatic heterocycles. The van der Waals surface area contributed by atoms with Crippen LogP contribution in [0.3, 0.4) is 0 Å². The van der Waals surface area contributed by atoms with Crippen molar-refractivity contribution in [3.63, 3.8) is 0 Å². The highest BCUT2D eigenvalue weighted by molar-refractivity contribution is 9.11. The van der Waals surface area contributed by atoms with E-state index >= 15 is 0 Å². The Hall–Kier alpha value is -0.170. The first-order valence-electron chi connectivity index (χ1n) is 7.40. The van der Waals surface area contributed by atoms with Crippen LogP contribution in [0.4, 0.5) is 0 Å². The molecule has 0 saturated carbocycles. The first-order valence-corrected chi connectivity index (χ1v) is 11.6. The quantitative estimate of drug-likeness (QED) is 0.683. The number of rotatable bonds is 5. The molecule has 2 atom stereocenters. The zero-order chi connectivity index (χ0) is 17.2. The first kappa shape index (κ1) is 18.6. The Bertz CT molecular complexity index is 690. The Kier molecular flexibility index (Phi) is 6.22. The van der Waals surface area contributed by atoms with E-state index in [9.17, 15) is 13.2 Å². The number of nitrogens with zero attached hydrogens (tertiary/aromatic N) is 1. The molecule has 0 radical (unpaired) electrons. The number of ether oxygens (including phenoxy) is 1. The average molecular weight is 457 g/mol. The zero-order valence-corrected chi connectivity index (χ0v) is 16.7. The second-order valence-corrected chi connectivity index (χ2v) is 10.9. The molecule has 0 aliphatic carbocycles. The number of thioether (sulfide) groups is 1. The van der Waals surface area contributed by atoms with E-state index in [1.807, 2.05) is 0 Å². The van der Waals surface area contributed by atoms with Gasteiger partial charge in [-0.05, 0) is 40.9 Å². The van der Waals surface area contributed by atoms with Gasteiger partial charge in [-0.25, -0.2) is 18.7 Å². The van der Waals surface area contributed by atoms with Crippen LogP contribution in [0.2, 0.25) is 0 Å². The van der Waals surface area contributed by atoms with Crippen LogP contribution in [-0.2, 0) is 24.4 Å². The second kappa shape index (κ2) is 8.02. The van der Waals surface area contributed by atoms with Crippen molar-refractivity contribution in [1.82, 2.24) is 9.79 Å². The van der Waals surface area contributed by atoms with Crippen LogP contribution in [0.5, 0.6) is 0 Å². The maximum atomic E-state index is 12.7. The summed E-state index contributed by atoms with van der Waals surface area (Å²) in [6.45, 7) is 0.605. The molecule has 7 nitrogen and oxygen atoms in total. The molecule has 1 aromatic heterocycles. The first-order chi connectivity index (χ1) is 11.5. The SMILES string of the molecule is O=C(NOC1CCCCO1)[C@@H]1CSCN1S(=O)(=O)c1ccc(Br)s1. The maximum absolute atomic E-state index is 12.7. The van der Waals surface area contributed by atoms with Gasteiger partial charge in [0.15, 0.2) is 6.29 Å². The summed E-state index contributed by atoms with van der Waals surface area (Å²) in [5, 5.41) is 0. The third kappa shape index (κ3) is 4.14. The lowest BCUT2D eigenvalue weighted by molar-refractivity contribution is -0.201. The topological polar surface area (TPSA) is 84.9 Å². The molecule has 1 aromatic rings. The minimum atomic E-state index is -3.70. The van der Waals surface area contributed by atoms with Gasteiger partial charge in [-0.2, -0.15) is 4.31 Å². The summed E-state index contributed by atoms with van der Waals surface area (Å²) >= 11 is 5.79. The van der Waals surface area contributed by atoms with Gasteiger partial charge in [-0.15, -0.1) is 23.1 Å². The van der Waals surface area contributed by atoms with Crippen molar-refractivity contribution in [2.45, 2.75) is 35.8 Å². The highest BCUT2D eigenvalue weighted by atomic mass is 79.9. The number of nitrogens with one attached hydrogen (secondary N) is 1. The van der Waals surface area contributed by atoms with Crippen LogP contribution >= 0.6 is 39.0 Å². The fourth-order valence-corrected chi connectivity index (χ4v) is 7.71. The molecule has 3 rings (SSSR count). The van der Waals surface area contributed by atoms with Crippen molar-refractivity contribution in [1.29, 1.82) is 0 Å². The molecule has 11 heteroatoms. The summed E-state index contributed by atoms with van der Waals surface area (Å²) in [6.07, 6.45) is 2.21. The lowest BCUT2D eigenvalue weighted by Crippen LogP contribution is -2.48. The monoisotopic (exact) mass is 456 g/mol. The Morgan fingerprint density at radius 2 is 2.25 bits per heavy atom. The van der Waals surface area contributed by atoms with E-state index in [0.29, 0.717) is 18.8 Å². The third-order valence-corrected chi connectivity index (χ3v) is 8.81. The second-order valence-electron chi connectivity index (χ2n) is 5.35. The molecular formula is C13H17BrN2O5S3. The highest BCUT2D eigenvalue weighted by Gasteiger charge is 2.41. The van der Waals surface area contributed by atoms with Gasteiger partial charge in [0, 0.05) is 18.8 Å². The van der Waals surface area contributed by atoms with Gasteiger partial charge in [0.2, 0.25) is 0 Å². The Morgan fingerprint density at radius 3 is 2.92 bits per heavy atom. The summed E-state index contributed by atoms with van der Waals surface area (Å²) in [6, 6.07) is 2.43. The van der Waals surface area contributed by atoms with E-state index in [2.05, 4.69) is 21.4 Å². The molecule has 0 bridgehead atoms. The molecular weight excluding hydrogens is 440 g/mol. The lowest BCUT2D eigenvalue weighted by atomic mass is 10.2. The summed E-state index contributed by atoms with van der Waals surface area (Å²) < 4.78 is 33.0. The van der Waals surface area contributed by atoms with E-state index in [0.717, 1.165) is 28.0 Å². The van der Waals surface area contributed by atoms with Gasteiger partial charge < -0.3 is 4.74 Å². The van der Waals surface area contributed by atoms with Crippen LogP contribution in [0.1, 0.15) is 19.3 Å². The average Bonchev–Trinajstić information content (AvgIpc) is 3.23. The number of halogens is 1. The number of hydrogen-bond acceptors (Lipinski definition) is 7. The molecule has 2 aliphatic rings. The van der Waals surface area contributed by atoms with Crippen LogP contribution in [0.25, 0.3) is 0 Å².